The van der Waals surface area contributed by atoms with Crippen LogP contribution in [0.4, 0.5) is 0 Å². The van der Waals surface area contributed by atoms with Gasteiger partial charge in [-0.15, -0.1) is 0 Å². The Morgan fingerprint density at radius 1 is 1.24 bits per heavy atom. The van der Waals surface area contributed by atoms with Crippen LogP contribution in [-0.2, 0) is 6.42 Å². The van der Waals surface area contributed by atoms with Crippen molar-refractivity contribution in [2.24, 2.45) is 5.73 Å². The van der Waals surface area contributed by atoms with Crippen LogP contribution in [0.1, 0.15) is 25.3 Å². The summed E-state index contributed by atoms with van der Waals surface area (Å²) < 4.78 is 11.5. The van der Waals surface area contributed by atoms with Crippen molar-refractivity contribution in [2.45, 2.75) is 26.2 Å². The number of rotatable bonds is 8. The molecule has 1 aliphatic heterocycles. The lowest BCUT2D eigenvalue weighted by molar-refractivity contribution is 0.226. The first-order valence-corrected chi connectivity index (χ1v) is 8.12. The lowest BCUT2D eigenvalue weighted by Gasteiger charge is -2.18. The van der Waals surface area contributed by atoms with Gasteiger partial charge < -0.3 is 15.2 Å². The van der Waals surface area contributed by atoms with Crippen LogP contribution in [0.3, 0.4) is 0 Å². The van der Waals surface area contributed by atoms with Crippen LogP contribution < -0.4 is 15.2 Å². The molecule has 0 amide bonds. The monoisotopic (exact) mass is 312 g/mol. The molecule has 1 aromatic carbocycles. The number of nitrogens with two attached hydrogens (primary N) is 1. The number of benzene rings is 1. The highest BCUT2D eigenvalue weighted by Crippen LogP contribution is 2.36. The van der Waals surface area contributed by atoms with E-state index in [4.69, 9.17) is 26.8 Å². The fourth-order valence-electron chi connectivity index (χ4n) is 2.62. The van der Waals surface area contributed by atoms with E-state index in [2.05, 4.69) is 4.90 Å². The topological polar surface area (TPSA) is 47.7 Å². The zero-order valence-electron chi connectivity index (χ0n) is 12.7. The molecule has 0 saturated carbocycles. The summed E-state index contributed by atoms with van der Waals surface area (Å²) in [7, 11) is 0. The quantitative estimate of drug-likeness (QED) is 0.802. The van der Waals surface area contributed by atoms with Crippen LogP contribution in [0.2, 0.25) is 5.02 Å². The lowest BCUT2D eigenvalue weighted by atomic mass is 10.1. The first-order chi connectivity index (χ1) is 10.2. The highest BCUT2D eigenvalue weighted by Gasteiger charge is 2.15. The maximum Gasteiger partial charge on any atom is 0.179 e. The predicted octanol–water partition coefficient (Wildman–Crippen LogP) is 2.71. The molecule has 0 aromatic heterocycles. The number of likely N-dealkylation sites (tertiary alicyclic amines) is 1. The highest BCUT2D eigenvalue weighted by molar-refractivity contribution is 6.32. The molecule has 1 heterocycles. The van der Waals surface area contributed by atoms with E-state index in [1.165, 1.54) is 25.9 Å². The van der Waals surface area contributed by atoms with Crippen molar-refractivity contribution in [3.05, 3.63) is 22.7 Å². The van der Waals surface area contributed by atoms with Gasteiger partial charge in [-0.1, -0.05) is 11.6 Å². The Kier molecular flexibility index (Phi) is 6.61. The van der Waals surface area contributed by atoms with Gasteiger partial charge in [0.05, 0.1) is 11.6 Å². The minimum Gasteiger partial charge on any atom is -0.490 e. The molecule has 2 N–H and O–H groups in total. The molecular weight excluding hydrogens is 288 g/mol. The fourth-order valence-corrected chi connectivity index (χ4v) is 2.91. The molecule has 1 aliphatic rings. The Morgan fingerprint density at radius 2 is 2.00 bits per heavy atom. The van der Waals surface area contributed by atoms with E-state index in [-0.39, 0.29) is 0 Å². The Hall–Kier alpha value is -0.970. The average molecular weight is 313 g/mol. The molecule has 1 aromatic rings. The van der Waals surface area contributed by atoms with Crippen LogP contribution in [0.25, 0.3) is 0 Å². The second-order valence-electron chi connectivity index (χ2n) is 5.27. The third kappa shape index (κ3) is 4.77. The smallest absolute Gasteiger partial charge is 0.179 e. The Morgan fingerprint density at radius 3 is 2.67 bits per heavy atom. The molecule has 0 bridgehead atoms. The normalized spacial score (nSPS) is 15.4. The Labute approximate surface area is 132 Å². The first-order valence-electron chi connectivity index (χ1n) is 7.75. The van der Waals surface area contributed by atoms with Crippen molar-refractivity contribution in [3.8, 4) is 11.5 Å². The number of halogens is 1. The van der Waals surface area contributed by atoms with Gasteiger partial charge in [-0.25, -0.2) is 0 Å². The average Bonchev–Trinajstić information content (AvgIpc) is 2.95. The van der Waals surface area contributed by atoms with Gasteiger partial charge in [-0.2, -0.15) is 0 Å². The largest absolute Gasteiger partial charge is 0.490 e. The summed E-state index contributed by atoms with van der Waals surface area (Å²) in [5.74, 6) is 1.37. The van der Waals surface area contributed by atoms with Crippen molar-refractivity contribution in [2.75, 3.05) is 39.4 Å². The van der Waals surface area contributed by atoms with E-state index in [1.54, 1.807) is 0 Å². The van der Waals surface area contributed by atoms with Crippen molar-refractivity contribution in [3.63, 3.8) is 0 Å². The molecule has 4 nitrogen and oxygen atoms in total. The third-order valence-electron chi connectivity index (χ3n) is 3.65. The molecule has 0 spiro atoms. The number of hydrogen-bond acceptors (Lipinski definition) is 4. The van der Waals surface area contributed by atoms with Crippen molar-refractivity contribution >= 4 is 11.6 Å². The van der Waals surface area contributed by atoms with Crippen molar-refractivity contribution < 1.29 is 9.47 Å². The summed E-state index contributed by atoms with van der Waals surface area (Å²) in [6.07, 6.45) is 3.37. The van der Waals surface area contributed by atoms with Gasteiger partial charge in [0.15, 0.2) is 11.5 Å². The standard InChI is InChI=1S/C16H25ClN2O2/c1-2-20-15-12-13(5-6-18)11-14(17)16(15)21-10-9-19-7-3-4-8-19/h11-12H,2-10,18H2,1H3. The van der Waals surface area contributed by atoms with Crippen LogP contribution in [-0.4, -0.2) is 44.3 Å². The Balaban J connectivity index is 2.01. The predicted molar refractivity (Wildman–Crippen MR) is 86.5 cm³/mol. The first kappa shape index (κ1) is 16.4. The van der Waals surface area contributed by atoms with Crippen LogP contribution in [0, 0.1) is 0 Å². The SMILES string of the molecule is CCOc1cc(CCN)cc(Cl)c1OCCN1CCCC1. The summed E-state index contributed by atoms with van der Waals surface area (Å²) in [6.45, 7) is 7.05. The number of ether oxygens (including phenoxy) is 2. The van der Waals surface area contributed by atoms with Crippen LogP contribution in [0.5, 0.6) is 11.5 Å². The summed E-state index contributed by atoms with van der Waals surface area (Å²) in [4.78, 5) is 2.41. The van der Waals surface area contributed by atoms with Gasteiger partial charge in [0, 0.05) is 6.54 Å². The third-order valence-corrected chi connectivity index (χ3v) is 3.94. The van der Waals surface area contributed by atoms with Gasteiger partial charge in [-0.05, 0) is 63.5 Å². The molecule has 2 rings (SSSR count). The van der Waals surface area contributed by atoms with E-state index >= 15 is 0 Å². The maximum absolute atomic E-state index is 6.34. The van der Waals surface area contributed by atoms with Gasteiger partial charge in [0.25, 0.3) is 0 Å². The highest BCUT2D eigenvalue weighted by atomic mass is 35.5. The molecule has 21 heavy (non-hydrogen) atoms. The molecule has 0 unspecified atom stereocenters. The zero-order chi connectivity index (χ0) is 15.1. The minimum absolute atomic E-state index is 0.588. The molecule has 0 aliphatic carbocycles. The maximum atomic E-state index is 6.34. The Bertz CT molecular complexity index is 448. The molecule has 5 heteroatoms. The van der Waals surface area contributed by atoms with Gasteiger partial charge in [0.2, 0.25) is 0 Å². The van der Waals surface area contributed by atoms with Crippen molar-refractivity contribution in [1.29, 1.82) is 0 Å². The van der Waals surface area contributed by atoms with Gasteiger partial charge in [0.1, 0.15) is 6.61 Å². The molecule has 1 saturated heterocycles. The molecule has 0 atom stereocenters. The second-order valence-corrected chi connectivity index (χ2v) is 5.68. The lowest BCUT2D eigenvalue weighted by Crippen LogP contribution is -2.25. The van der Waals surface area contributed by atoms with E-state index in [9.17, 15) is 0 Å². The van der Waals surface area contributed by atoms with E-state index in [0.29, 0.717) is 30.5 Å². The van der Waals surface area contributed by atoms with E-state index in [0.717, 1.165) is 24.3 Å². The molecule has 1 fully saturated rings. The van der Waals surface area contributed by atoms with E-state index < -0.39 is 0 Å². The summed E-state index contributed by atoms with van der Waals surface area (Å²) >= 11 is 6.34. The van der Waals surface area contributed by atoms with Gasteiger partial charge >= 0.3 is 0 Å². The molecular formula is C16H25ClN2O2. The van der Waals surface area contributed by atoms with Crippen molar-refractivity contribution in [1.82, 2.24) is 4.90 Å². The summed E-state index contributed by atoms with van der Waals surface area (Å²) in [6, 6.07) is 3.90. The number of nitrogens with zero attached hydrogens (tertiary/aromatic N) is 1. The van der Waals surface area contributed by atoms with Crippen LogP contribution >= 0.6 is 11.6 Å². The summed E-state index contributed by atoms with van der Waals surface area (Å²) in [5, 5.41) is 0.603. The number of hydrogen-bond donors (Lipinski definition) is 1. The second kappa shape index (κ2) is 8.47. The zero-order valence-corrected chi connectivity index (χ0v) is 13.5. The van der Waals surface area contributed by atoms with Gasteiger partial charge in [-0.3, -0.25) is 4.90 Å². The molecule has 0 radical (unpaired) electrons. The van der Waals surface area contributed by atoms with E-state index in [1.807, 2.05) is 19.1 Å². The fraction of sp³-hybridized carbons (Fsp3) is 0.625. The minimum atomic E-state index is 0.588. The molecule has 118 valence electrons. The van der Waals surface area contributed by atoms with Crippen LogP contribution in [0.15, 0.2) is 12.1 Å². The summed E-state index contributed by atoms with van der Waals surface area (Å²) in [5.41, 5.74) is 6.68.